The number of rotatable bonds is 5. The Hall–Kier alpha value is -4.57. The third kappa shape index (κ3) is 4.57. The highest BCUT2D eigenvalue weighted by Gasteiger charge is 2.30. The Morgan fingerprint density at radius 1 is 1.07 bits per heavy atom. The Bertz CT molecular complexity index is 1950. The molecular formula is C33H32FN7O2. The molecule has 10 heteroatoms. The summed E-state index contributed by atoms with van der Waals surface area (Å²) in [4.78, 5) is 36.8. The molecule has 0 spiro atoms. The number of piperidine rings is 1. The number of anilines is 1. The molecule has 5 heterocycles. The molecule has 2 fully saturated rings. The van der Waals surface area contributed by atoms with Crippen LogP contribution in [0.4, 0.5) is 10.1 Å². The lowest BCUT2D eigenvalue weighted by Crippen LogP contribution is -2.50. The number of carbonyl (C=O) groups is 2. The number of nitrogens with one attached hydrogen (secondary N) is 1. The van der Waals surface area contributed by atoms with E-state index in [1.165, 1.54) is 17.7 Å². The van der Waals surface area contributed by atoms with Crippen molar-refractivity contribution in [2.45, 2.75) is 44.4 Å². The van der Waals surface area contributed by atoms with Crippen molar-refractivity contribution in [3.05, 3.63) is 65.7 Å². The number of hydrogen-bond donors (Lipinski definition) is 2. The molecule has 5 aromatic rings. The lowest BCUT2D eigenvalue weighted by Gasteiger charge is -2.33. The van der Waals surface area contributed by atoms with Gasteiger partial charge in [0.25, 0.3) is 5.91 Å². The number of imidazole rings is 1. The van der Waals surface area contributed by atoms with Gasteiger partial charge >= 0.3 is 0 Å². The van der Waals surface area contributed by atoms with Crippen LogP contribution in [0, 0.1) is 5.92 Å². The summed E-state index contributed by atoms with van der Waals surface area (Å²) < 4.78 is 18.5. The maximum Gasteiger partial charge on any atom is 0.254 e. The number of nitrogens with zero attached hydrogens (tertiary/aromatic N) is 5. The molecule has 218 valence electrons. The molecule has 43 heavy (non-hydrogen) atoms. The van der Waals surface area contributed by atoms with E-state index in [1.54, 1.807) is 12.1 Å². The summed E-state index contributed by atoms with van der Waals surface area (Å²) in [6.07, 6.45) is 1.94. The summed E-state index contributed by atoms with van der Waals surface area (Å²) in [5.74, 6) is 1.19. The van der Waals surface area contributed by atoms with Crippen LogP contribution in [-0.2, 0) is 24.8 Å². The average molecular weight is 578 g/mol. The summed E-state index contributed by atoms with van der Waals surface area (Å²) in [6, 6.07) is 17.4. The fourth-order valence-electron chi connectivity index (χ4n) is 6.59. The average Bonchev–Trinajstić information content (AvgIpc) is 3.50. The smallest absolute Gasteiger partial charge is 0.254 e. The number of hydrogen-bond acceptors (Lipinski definition) is 5. The Morgan fingerprint density at radius 2 is 1.93 bits per heavy atom. The summed E-state index contributed by atoms with van der Waals surface area (Å²) in [6.45, 7) is 1.26. The second-order valence-electron chi connectivity index (χ2n) is 12.3. The van der Waals surface area contributed by atoms with Crippen LogP contribution in [0.2, 0.25) is 0 Å². The molecule has 0 radical (unpaired) electrons. The van der Waals surface area contributed by atoms with Crippen LogP contribution in [0.15, 0.2) is 54.6 Å². The normalized spacial score (nSPS) is 20.2. The van der Waals surface area contributed by atoms with Crippen LogP contribution in [0.25, 0.3) is 44.8 Å². The summed E-state index contributed by atoms with van der Waals surface area (Å²) in [5.41, 5.74) is 13.7. The van der Waals surface area contributed by atoms with Gasteiger partial charge in [-0.2, -0.15) is 0 Å². The molecule has 9 nitrogen and oxygen atoms in total. The van der Waals surface area contributed by atoms with Gasteiger partial charge in [0.1, 0.15) is 11.8 Å². The maximum atomic E-state index is 14.2. The molecule has 0 unspecified atom stereocenters. The van der Waals surface area contributed by atoms with Crippen LogP contribution >= 0.6 is 0 Å². The number of aryl methyl sites for hydroxylation is 1. The van der Waals surface area contributed by atoms with Crippen molar-refractivity contribution < 1.29 is 14.0 Å². The second-order valence-corrected chi connectivity index (χ2v) is 12.3. The molecule has 1 saturated carbocycles. The van der Waals surface area contributed by atoms with E-state index < -0.39 is 6.17 Å². The first-order valence-corrected chi connectivity index (χ1v) is 14.9. The lowest BCUT2D eigenvalue weighted by molar-refractivity contribution is -0.115. The molecule has 2 aliphatic heterocycles. The fraction of sp³-hybridized carbons (Fsp3) is 0.333. The van der Waals surface area contributed by atoms with Crippen LogP contribution in [-0.4, -0.2) is 61.1 Å². The predicted octanol–water partition coefficient (Wildman–Crippen LogP) is 4.67. The van der Waals surface area contributed by atoms with Crippen LogP contribution < -0.4 is 11.1 Å². The first kappa shape index (κ1) is 26.1. The molecule has 8 rings (SSSR count). The summed E-state index contributed by atoms with van der Waals surface area (Å²) in [7, 11) is 1.99. The molecule has 2 atom stereocenters. The number of benzene rings is 2. The Kier molecular flexibility index (Phi) is 5.91. The maximum absolute atomic E-state index is 14.2. The van der Waals surface area contributed by atoms with E-state index >= 15 is 0 Å². The van der Waals surface area contributed by atoms with Gasteiger partial charge in [-0.25, -0.2) is 14.4 Å². The van der Waals surface area contributed by atoms with E-state index in [-0.39, 0.29) is 30.8 Å². The zero-order chi connectivity index (χ0) is 29.4. The highest BCUT2D eigenvalue weighted by Crippen LogP contribution is 2.37. The number of fused-ring (bicyclic) bond motifs is 3. The van der Waals surface area contributed by atoms with Gasteiger partial charge in [0.05, 0.1) is 35.4 Å². The third-order valence-electron chi connectivity index (χ3n) is 8.98. The fourth-order valence-corrected chi connectivity index (χ4v) is 6.59. The molecule has 2 amide bonds. The van der Waals surface area contributed by atoms with Gasteiger partial charge in [-0.05, 0) is 79.3 Å². The number of likely N-dealkylation sites (tertiary alicyclic amines) is 1. The van der Waals surface area contributed by atoms with Crippen LogP contribution in [0.5, 0.6) is 0 Å². The minimum atomic E-state index is -1.11. The summed E-state index contributed by atoms with van der Waals surface area (Å²) >= 11 is 0. The molecular weight excluding hydrogens is 545 g/mol. The minimum absolute atomic E-state index is 0.0153. The number of aromatic nitrogens is 4. The van der Waals surface area contributed by atoms with Gasteiger partial charge in [-0.15, -0.1) is 0 Å². The number of pyridine rings is 1. The van der Waals surface area contributed by atoms with E-state index in [0.29, 0.717) is 30.0 Å². The number of halogens is 1. The quantitative estimate of drug-likeness (QED) is 0.315. The van der Waals surface area contributed by atoms with E-state index in [1.807, 2.05) is 37.4 Å². The molecule has 0 bridgehead atoms. The highest BCUT2D eigenvalue weighted by atomic mass is 19.1. The van der Waals surface area contributed by atoms with E-state index in [4.69, 9.17) is 15.7 Å². The zero-order valence-corrected chi connectivity index (χ0v) is 23.9. The first-order valence-electron chi connectivity index (χ1n) is 14.9. The Morgan fingerprint density at radius 3 is 2.74 bits per heavy atom. The van der Waals surface area contributed by atoms with Crippen molar-refractivity contribution in [2.24, 2.45) is 18.7 Å². The number of amides is 2. The van der Waals surface area contributed by atoms with Gasteiger partial charge < -0.3 is 25.1 Å². The predicted molar refractivity (Wildman–Crippen MR) is 163 cm³/mol. The molecule has 1 saturated heterocycles. The molecule has 3 aliphatic rings. The van der Waals surface area contributed by atoms with Gasteiger partial charge in [-0.3, -0.25) is 9.59 Å². The number of carbonyl (C=O) groups excluding carboxylic acids is 2. The van der Waals surface area contributed by atoms with Gasteiger partial charge in [-0.1, -0.05) is 6.07 Å². The van der Waals surface area contributed by atoms with E-state index in [0.717, 1.165) is 57.1 Å². The summed E-state index contributed by atoms with van der Waals surface area (Å²) in [5, 5.41) is 3.93. The highest BCUT2D eigenvalue weighted by molar-refractivity contribution is 6.00. The first-order chi connectivity index (χ1) is 20.8. The SMILES string of the molecule is Cn1c(-c2cc3ccc(-c4ccc5c(c4)CC(=O)N5)nc3n2CC2CC2)nc2cc(C(=O)N3C[C@H](N)C[C@@H](F)C3)ccc21. The monoisotopic (exact) mass is 577 g/mol. The third-order valence-corrected chi connectivity index (χ3v) is 8.98. The van der Waals surface area contributed by atoms with Crippen molar-refractivity contribution >= 4 is 39.6 Å². The van der Waals surface area contributed by atoms with Crippen molar-refractivity contribution in [2.75, 3.05) is 18.4 Å². The van der Waals surface area contributed by atoms with Gasteiger partial charge in [0.15, 0.2) is 5.82 Å². The van der Waals surface area contributed by atoms with E-state index in [2.05, 4.69) is 26.6 Å². The molecule has 1 aliphatic carbocycles. The molecule has 3 aromatic heterocycles. The lowest BCUT2D eigenvalue weighted by atomic mass is 10.0. The van der Waals surface area contributed by atoms with Crippen molar-refractivity contribution in [1.82, 2.24) is 24.0 Å². The molecule has 3 N–H and O–H groups in total. The number of nitrogens with two attached hydrogens (primary N) is 1. The topological polar surface area (TPSA) is 111 Å². The zero-order valence-electron chi connectivity index (χ0n) is 23.9. The van der Waals surface area contributed by atoms with Crippen molar-refractivity contribution in [3.8, 4) is 22.8 Å². The minimum Gasteiger partial charge on any atom is -0.334 e. The molecule has 2 aromatic carbocycles. The van der Waals surface area contributed by atoms with Crippen molar-refractivity contribution in [1.29, 1.82) is 0 Å². The van der Waals surface area contributed by atoms with Crippen molar-refractivity contribution in [3.63, 3.8) is 0 Å². The standard InChI is InChI=1S/C33H32FN7O2/c1-39-28-9-6-21(33(43)40-16-23(34)14-24(35)17-40)11-27(28)38-32(39)29-12-20-5-8-25(37-31(20)41(29)15-18-2-3-18)19-4-7-26-22(10-19)13-30(42)36-26/h4-12,18,23-24H,2-3,13-17,35H2,1H3,(H,36,42)/t23-,24-/m1/s1. The number of alkyl halides is 1. The van der Waals surface area contributed by atoms with Gasteiger partial charge in [0.2, 0.25) is 5.91 Å². The second kappa shape index (κ2) is 9.74. The Balaban J connectivity index is 1.19. The van der Waals surface area contributed by atoms with Gasteiger partial charge in [0, 0.05) is 48.4 Å². The largest absolute Gasteiger partial charge is 0.334 e. The van der Waals surface area contributed by atoms with Crippen LogP contribution in [0.3, 0.4) is 0 Å². The van der Waals surface area contributed by atoms with Crippen LogP contribution in [0.1, 0.15) is 35.2 Å². The van der Waals surface area contributed by atoms with E-state index in [9.17, 15) is 14.0 Å². The Labute approximate surface area is 247 Å².